The molecule has 5 heteroatoms. The molecule has 0 saturated heterocycles. The van der Waals surface area contributed by atoms with Crippen molar-refractivity contribution in [2.24, 2.45) is 11.8 Å². The molecule has 2 aromatic rings. The predicted molar refractivity (Wildman–Crippen MR) is 112 cm³/mol. The SMILES string of the molecule is CC=C(C)C(=O)C1c2cc3ccc(=O)oc3cc2OC(C)(C)C1C(=O)CC(C)C. The monoisotopic (exact) mass is 396 g/mol. The van der Waals surface area contributed by atoms with Crippen LogP contribution in [0.3, 0.4) is 0 Å². The first-order chi connectivity index (χ1) is 13.5. The van der Waals surface area contributed by atoms with E-state index >= 15 is 0 Å². The van der Waals surface area contributed by atoms with Gasteiger partial charge >= 0.3 is 5.63 Å². The molecular weight excluding hydrogens is 368 g/mol. The molecule has 0 radical (unpaired) electrons. The van der Waals surface area contributed by atoms with Crippen LogP contribution in [-0.2, 0) is 9.59 Å². The van der Waals surface area contributed by atoms with Crippen LogP contribution in [0, 0.1) is 11.8 Å². The molecule has 0 saturated carbocycles. The first-order valence-electron chi connectivity index (χ1n) is 10.0. The molecule has 1 aliphatic rings. The Kier molecular flexibility index (Phi) is 5.52. The van der Waals surface area contributed by atoms with E-state index in [2.05, 4.69) is 0 Å². The number of Topliss-reactive ketones (excluding diaryl/α,β-unsaturated/α-hetero) is 2. The first-order valence-corrected chi connectivity index (χ1v) is 10.0. The van der Waals surface area contributed by atoms with E-state index in [-0.39, 0.29) is 17.5 Å². The first kappa shape index (κ1) is 21.0. The summed E-state index contributed by atoms with van der Waals surface area (Å²) in [6.07, 6.45) is 2.16. The van der Waals surface area contributed by atoms with Crippen LogP contribution in [0.1, 0.15) is 59.4 Å². The molecule has 29 heavy (non-hydrogen) atoms. The lowest BCUT2D eigenvalue weighted by Gasteiger charge is -2.44. The third-order valence-electron chi connectivity index (χ3n) is 5.60. The van der Waals surface area contributed by atoms with Crippen LogP contribution in [-0.4, -0.2) is 17.2 Å². The molecule has 1 aliphatic heterocycles. The highest BCUT2D eigenvalue weighted by molar-refractivity contribution is 6.04. The van der Waals surface area contributed by atoms with Gasteiger partial charge in [0.1, 0.15) is 22.7 Å². The fraction of sp³-hybridized carbons (Fsp3) is 0.458. The zero-order valence-electron chi connectivity index (χ0n) is 17.9. The standard InChI is InChI=1S/C24H28O5/c1-7-14(4)23(27)21-16-11-15-8-9-20(26)28-18(15)12-19(16)29-24(5,6)22(21)17(25)10-13(2)3/h7-9,11-13,21-22H,10H2,1-6H3. The Bertz CT molecular complexity index is 1050. The number of benzene rings is 1. The second kappa shape index (κ2) is 7.62. The molecule has 154 valence electrons. The average Bonchev–Trinajstić information content (AvgIpc) is 2.62. The highest BCUT2D eigenvalue weighted by Gasteiger charge is 2.50. The molecule has 0 amide bonds. The van der Waals surface area contributed by atoms with Crippen molar-refractivity contribution in [2.45, 2.75) is 59.5 Å². The van der Waals surface area contributed by atoms with Crippen LogP contribution in [0.15, 0.2) is 45.1 Å². The fourth-order valence-corrected chi connectivity index (χ4v) is 4.16. The number of ether oxygens (including phenoxy) is 1. The minimum absolute atomic E-state index is 0.0255. The fourth-order valence-electron chi connectivity index (χ4n) is 4.16. The van der Waals surface area contributed by atoms with Crippen LogP contribution in [0.2, 0.25) is 0 Å². The van der Waals surface area contributed by atoms with Crippen LogP contribution >= 0.6 is 0 Å². The number of fused-ring (bicyclic) bond motifs is 2. The van der Waals surface area contributed by atoms with Gasteiger partial charge in [-0.1, -0.05) is 19.9 Å². The van der Waals surface area contributed by atoms with Gasteiger partial charge in [0.25, 0.3) is 0 Å². The number of allylic oxidation sites excluding steroid dienone is 2. The number of carbonyl (C=O) groups excluding carboxylic acids is 2. The summed E-state index contributed by atoms with van der Waals surface area (Å²) in [5, 5.41) is 0.692. The largest absolute Gasteiger partial charge is 0.487 e. The topological polar surface area (TPSA) is 73.6 Å². The van der Waals surface area contributed by atoms with Gasteiger partial charge < -0.3 is 9.15 Å². The van der Waals surface area contributed by atoms with Crippen LogP contribution < -0.4 is 10.4 Å². The van der Waals surface area contributed by atoms with Crippen molar-refractivity contribution >= 4 is 22.5 Å². The van der Waals surface area contributed by atoms with E-state index in [1.165, 1.54) is 6.07 Å². The van der Waals surface area contributed by atoms with E-state index in [1.807, 2.05) is 40.7 Å². The number of rotatable bonds is 5. The van der Waals surface area contributed by atoms with Crippen molar-refractivity contribution < 1.29 is 18.7 Å². The molecule has 0 spiro atoms. The summed E-state index contributed by atoms with van der Waals surface area (Å²) in [6, 6.07) is 6.47. The third kappa shape index (κ3) is 3.91. The lowest BCUT2D eigenvalue weighted by molar-refractivity contribution is -0.137. The Balaban J connectivity index is 2.26. The minimum Gasteiger partial charge on any atom is -0.487 e. The summed E-state index contributed by atoms with van der Waals surface area (Å²) in [5.41, 5.74) is 0.346. The van der Waals surface area contributed by atoms with Gasteiger partial charge in [-0.25, -0.2) is 4.79 Å². The molecule has 1 aromatic carbocycles. The third-order valence-corrected chi connectivity index (χ3v) is 5.60. The van der Waals surface area contributed by atoms with Gasteiger partial charge in [-0.2, -0.15) is 0 Å². The Morgan fingerprint density at radius 1 is 1.21 bits per heavy atom. The molecule has 2 atom stereocenters. The van der Waals surface area contributed by atoms with E-state index in [9.17, 15) is 14.4 Å². The molecule has 0 fully saturated rings. The van der Waals surface area contributed by atoms with Crippen molar-refractivity contribution in [2.75, 3.05) is 0 Å². The number of ketones is 2. The number of carbonyl (C=O) groups is 2. The van der Waals surface area contributed by atoms with Gasteiger partial charge in [-0.3, -0.25) is 9.59 Å². The molecule has 0 N–H and O–H groups in total. The smallest absolute Gasteiger partial charge is 0.336 e. The molecule has 0 aliphatic carbocycles. The zero-order valence-corrected chi connectivity index (χ0v) is 17.9. The highest BCUT2D eigenvalue weighted by atomic mass is 16.5. The van der Waals surface area contributed by atoms with E-state index < -0.39 is 23.1 Å². The summed E-state index contributed by atoms with van der Waals surface area (Å²) >= 11 is 0. The Hall–Kier alpha value is -2.69. The van der Waals surface area contributed by atoms with Gasteiger partial charge in [0.05, 0.1) is 11.8 Å². The summed E-state index contributed by atoms with van der Waals surface area (Å²) < 4.78 is 11.5. The van der Waals surface area contributed by atoms with Crippen LogP contribution in [0.4, 0.5) is 0 Å². The molecule has 1 aromatic heterocycles. The lowest BCUT2D eigenvalue weighted by atomic mass is 9.68. The average molecular weight is 396 g/mol. The summed E-state index contributed by atoms with van der Waals surface area (Å²) in [6.45, 7) is 11.3. The van der Waals surface area contributed by atoms with Crippen molar-refractivity contribution in [1.82, 2.24) is 0 Å². The summed E-state index contributed by atoms with van der Waals surface area (Å²) in [7, 11) is 0. The number of hydrogen-bond donors (Lipinski definition) is 0. The van der Waals surface area contributed by atoms with Gasteiger partial charge in [-0.15, -0.1) is 0 Å². The van der Waals surface area contributed by atoms with Gasteiger partial charge in [0, 0.05) is 29.5 Å². The molecular formula is C24H28O5. The minimum atomic E-state index is -0.879. The second-order valence-corrected chi connectivity index (χ2v) is 8.74. The molecule has 5 nitrogen and oxygen atoms in total. The predicted octanol–water partition coefficient (Wildman–Crippen LogP) is 4.81. The lowest BCUT2D eigenvalue weighted by Crippen LogP contribution is -2.50. The van der Waals surface area contributed by atoms with E-state index in [4.69, 9.17) is 9.15 Å². The van der Waals surface area contributed by atoms with Gasteiger partial charge in [0.15, 0.2) is 5.78 Å². The Labute approximate surface area is 170 Å². The maximum atomic E-state index is 13.4. The van der Waals surface area contributed by atoms with Crippen LogP contribution in [0.25, 0.3) is 11.0 Å². The quantitative estimate of drug-likeness (QED) is 0.535. The Morgan fingerprint density at radius 2 is 1.90 bits per heavy atom. The van der Waals surface area contributed by atoms with Crippen molar-refractivity contribution in [3.05, 3.63) is 51.9 Å². The Morgan fingerprint density at radius 3 is 2.52 bits per heavy atom. The number of hydrogen-bond acceptors (Lipinski definition) is 5. The van der Waals surface area contributed by atoms with Gasteiger partial charge in [0.2, 0.25) is 0 Å². The normalized spacial score (nSPS) is 21.0. The van der Waals surface area contributed by atoms with E-state index in [1.54, 1.807) is 25.1 Å². The molecule has 0 bridgehead atoms. The summed E-state index contributed by atoms with van der Waals surface area (Å²) in [5.74, 6) is -0.640. The maximum absolute atomic E-state index is 13.4. The van der Waals surface area contributed by atoms with Crippen molar-refractivity contribution in [1.29, 1.82) is 0 Å². The highest BCUT2D eigenvalue weighted by Crippen LogP contribution is 2.48. The maximum Gasteiger partial charge on any atom is 0.336 e. The van der Waals surface area contributed by atoms with E-state index in [0.29, 0.717) is 34.3 Å². The van der Waals surface area contributed by atoms with Crippen molar-refractivity contribution in [3.8, 4) is 5.75 Å². The van der Waals surface area contributed by atoms with Crippen molar-refractivity contribution in [3.63, 3.8) is 0 Å². The van der Waals surface area contributed by atoms with E-state index in [0.717, 1.165) is 0 Å². The second-order valence-electron chi connectivity index (χ2n) is 8.74. The molecule has 3 rings (SSSR count). The van der Waals surface area contributed by atoms with Gasteiger partial charge in [-0.05, 0) is 51.3 Å². The van der Waals surface area contributed by atoms with Crippen LogP contribution in [0.5, 0.6) is 5.75 Å². The molecule has 2 unspecified atom stereocenters. The summed E-state index contributed by atoms with van der Waals surface area (Å²) in [4.78, 5) is 38.3. The molecule has 2 heterocycles. The zero-order chi connectivity index (χ0) is 21.5.